The molecule has 1 aromatic carbocycles. The lowest BCUT2D eigenvalue weighted by atomic mass is 10.1. The minimum atomic E-state index is -0.305. The molecule has 0 bridgehead atoms. The van der Waals surface area contributed by atoms with Crippen LogP contribution in [0.5, 0.6) is 11.5 Å². The molecule has 0 spiro atoms. The molecule has 0 radical (unpaired) electrons. The molecular weight excluding hydrogens is 390 g/mol. The van der Waals surface area contributed by atoms with Crippen molar-refractivity contribution in [3.05, 3.63) is 35.7 Å². The summed E-state index contributed by atoms with van der Waals surface area (Å²) in [6.07, 6.45) is 3.34. The molecule has 1 saturated heterocycles. The number of hydrogen-bond donors (Lipinski definition) is 1. The first-order valence-electron chi connectivity index (χ1n) is 9.77. The fraction of sp³-hybridized carbons (Fsp3) is 0.500. The molecule has 1 aliphatic heterocycles. The highest BCUT2D eigenvalue weighted by Gasteiger charge is 2.30. The Morgan fingerprint density at radius 2 is 1.90 bits per heavy atom. The maximum absolute atomic E-state index is 13.1. The Morgan fingerprint density at radius 1 is 1.17 bits per heavy atom. The molecule has 10 heteroatoms. The van der Waals surface area contributed by atoms with E-state index in [4.69, 9.17) is 14.2 Å². The van der Waals surface area contributed by atoms with Gasteiger partial charge < -0.3 is 24.4 Å². The molecule has 1 aliphatic rings. The molecule has 10 nitrogen and oxygen atoms in total. The molecule has 1 aromatic heterocycles. The van der Waals surface area contributed by atoms with E-state index in [2.05, 4.69) is 15.6 Å². The van der Waals surface area contributed by atoms with E-state index in [1.54, 1.807) is 50.4 Å². The quantitative estimate of drug-likeness (QED) is 0.606. The number of aromatic nitrogens is 3. The summed E-state index contributed by atoms with van der Waals surface area (Å²) in [5.74, 6) is 0.733. The van der Waals surface area contributed by atoms with Crippen molar-refractivity contribution in [2.45, 2.75) is 25.4 Å². The smallest absolute Gasteiger partial charge is 0.273 e. The molecule has 2 heterocycles. The standard InChI is InChI=1S/C20H27N5O5/c1-28-8-6-21-19(26)18-13-24(23-22-18)12-15-5-4-7-25(15)20(27)14-9-16(29-2)11-17(10-14)30-3/h9-11,13,15H,4-8,12H2,1-3H3,(H,21,26)/t15-/m0/s1. The average molecular weight is 417 g/mol. The zero-order valence-electron chi connectivity index (χ0n) is 17.5. The van der Waals surface area contributed by atoms with Crippen LogP contribution in [0, 0.1) is 0 Å². The van der Waals surface area contributed by atoms with Crippen molar-refractivity contribution in [3.63, 3.8) is 0 Å². The summed E-state index contributed by atoms with van der Waals surface area (Å²) >= 11 is 0. The summed E-state index contributed by atoms with van der Waals surface area (Å²) in [6.45, 7) is 1.94. The zero-order chi connectivity index (χ0) is 21.5. The summed E-state index contributed by atoms with van der Waals surface area (Å²) in [6, 6.07) is 5.10. The fourth-order valence-corrected chi connectivity index (χ4v) is 3.45. The monoisotopic (exact) mass is 417 g/mol. The van der Waals surface area contributed by atoms with Gasteiger partial charge in [0.05, 0.1) is 39.6 Å². The van der Waals surface area contributed by atoms with Crippen molar-refractivity contribution < 1.29 is 23.8 Å². The Labute approximate surface area is 175 Å². The maximum atomic E-state index is 13.1. The van der Waals surface area contributed by atoms with Crippen LogP contribution in [-0.2, 0) is 11.3 Å². The third kappa shape index (κ3) is 5.07. The van der Waals surface area contributed by atoms with E-state index in [-0.39, 0.29) is 23.6 Å². The van der Waals surface area contributed by atoms with Crippen molar-refractivity contribution in [3.8, 4) is 11.5 Å². The van der Waals surface area contributed by atoms with Crippen LogP contribution in [0.15, 0.2) is 24.4 Å². The largest absolute Gasteiger partial charge is 0.497 e. The van der Waals surface area contributed by atoms with Gasteiger partial charge in [-0.1, -0.05) is 5.21 Å². The van der Waals surface area contributed by atoms with Crippen molar-refractivity contribution in [1.29, 1.82) is 0 Å². The van der Waals surface area contributed by atoms with Gasteiger partial charge in [0, 0.05) is 31.8 Å². The topological polar surface area (TPSA) is 108 Å². The molecule has 1 atom stereocenters. The second-order valence-electron chi connectivity index (χ2n) is 6.97. The highest BCUT2D eigenvalue weighted by Crippen LogP contribution is 2.27. The lowest BCUT2D eigenvalue weighted by molar-refractivity contribution is 0.0720. The molecule has 1 N–H and O–H groups in total. The molecular formula is C20H27N5O5. The van der Waals surface area contributed by atoms with Gasteiger partial charge in [0.1, 0.15) is 11.5 Å². The normalized spacial score (nSPS) is 15.8. The van der Waals surface area contributed by atoms with Gasteiger partial charge >= 0.3 is 0 Å². The van der Waals surface area contributed by atoms with Crippen molar-refractivity contribution in [1.82, 2.24) is 25.2 Å². The first-order valence-corrected chi connectivity index (χ1v) is 9.77. The second kappa shape index (κ2) is 10.1. The molecule has 0 saturated carbocycles. The van der Waals surface area contributed by atoms with Gasteiger partial charge in [-0.25, -0.2) is 4.68 Å². The number of benzene rings is 1. The van der Waals surface area contributed by atoms with Crippen molar-refractivity contribution >= 4 is 11.8 Å². The molecule has 2 amide bonds. The Balaban J connectivity index is 1.68. The van der Waals surface area contributed by atoms with E-state index in [0.717, 1.165) is 12.8 Å². The minimum absolute atomic E-state index is 0.0409. The molecule has 3 rings (SSSR count). The van der Waals surface area contributed by atoms with Crippen LogP contribution in [0.25, 0.3) is 0 Å². The minimum Gasteiger partial charge on any atom is -0.497 e. The van der Waals surface area contributed by atoms with E-state index in [1.165, 1.54) is 0 Å². The summed E-state index contributed by atoms with van der Waals surface area (Å²) in [4.78, 5) is 27.0. The van der Waals surface area contributed by atoms with E-state index in [9.17, 15) is 9.59 Å². The first kappa shape index (κ1) is 21.6. The van der Waals surface area contributed by atoms with E-state index in [0.29, 0.717) is 43.3 Å². The molecule has 1 fully saturated rings. The van der Waals surface area contributed by atoms with E-state index >= 15 is 0 Å². The Morgan fingerprint density at radius 3 is 2.57 bits per heavy atom. The highest BCUT2D eigenvalue weighted by atomic mass is 16.5. The highest BCUT2D eigenvalue weighted by molar-refractivity contribution is 5.95. The third-order valence-electron chi connectivity index (χ3n) is 5.00. The third-order valence-corrected chi connectivity index (χ3v) is 5.00. The average Bonchev–Trinajstić information content (AvgIpc) is 3.43. The van der Waals surface area contributed by atoms with Gasteiger partial charge in [0.2, 0.25) is 0 Å². The first-order chi connectivity index (χ1) is 14.5. The molecule has 162 valence electrons. The lowest BCUT2D eigenvalue weighted by Gasteiger charge is -2.25. The van der Waals surface area contributed by atoms with Gasteiger partial charge in [-0.3, -0.25) is 9.59 Å². The van der Waals surface area contributed by atoms with Gasteiger partial charge in [-0.05, 0) is 25.0 Å². The van der Waals surface area contributed by atoms with Crippen LogP contribution in [-0.4, -0.2) is 78.8 Å². The van der Waals surface area contributed by atoms with Crippen molar-refractivity contribution in [2.24, 2.45) is 0 Å². The van der Waals surface area contributed by atoms with E-state index in [1.807, 2.05) is 4.90 Å². The number of nitrogens with one attached hydrogen (secondary N) is 1. The van der Waals surface area contributed by atoms with Crippen LogP contribution in [0.4, 0.5) is 0 Å². The molecule has 2 aromatic rings. The van der Waals surface area contributed by atoms with Gasteiger partial charge in [-0.2, -0.15) is 0 Å². The predicted octanol–water partition coefficient (Wildman–Crippen LogP) is 0.976. The maximum Gasteiger partial charge on any atom is 0.273 e. The fourth-order valence-electron chi connectivity index (χ4n) is 3.45. The molecule has 0 aliphatic carbocycles. The summed E-state index contributed by atoms with van der Waals surface area (Å²) in [5.41, 5.74) is 0.745. The molecule has 0 unspecified atom stereocenters. The Bertz CT molecular complexity index is 862. The number of carbonyl (C=O) groups excluding carboxylic acids is 2. The summed E-state index contributed by atoms with van der Waals surface area (Å²) in [5, 5.41) is 10.7. The van der Waals surface area contributed by atoms with E-state index < -0.39 is 0 Å². The second-order valence-corrected chi connectivity index (χ2v) is 6.97. The van der Waals surface area contributed by atoms with Crippen LogP contribution in [0.2, 0.25) is 0 Å². The van der Waals surface area contributed by atoms with Gasteiger partial charge in [-0.15, -0.1) is 5.10 Å². The lowest BCUT2D eigenvalue weighted by Crippen LogP contribution is -2.38. The predicted molar refractivity (Wildman–Crippen MR) is 108 cm³/mol. The van der Waals surface area contributed by atoms with Crippen LogP contribution < -0.4 is 14.8 Å². The van der Waals surface area contributed by atoms with Crippen LogP contribution >= 0.6 is 0 Å². The van der Waals surface area contributed by atoms with Crippen LogP contribution in [0.3, 0.4) is 0 Å². The number of nitrogens with zero attached hydrogens (tertiary/aromatic N) is 4. The number of likely N-dealkylation sites (tertiary alicyclic amines) is 1. The zero-order valence-corrected chi connectivity index (χ0v) is 17.5. The number of ether oxygens (including phenoxy) is 3. The summed E-state index contributed by atoms with van der Waals surface area (Å²) < 4.78 is 17.1. The Kier molecular flexibility index (Phi) is 7.23. The Hall–Kier alpha value is -3.14. The number of hydrogen-bond acceptors (Lipinski definition) is 7. The number of carbonyl (C=O) groups is 2. The molecule has 30 heavy (non-hydrogen) atoms. The van der Waals surface area contributed by atoms with Gasteiger partial charge in [0.15, 0.2) is 5.69 Å². The van der Waals surface area contributed by atoms with Crippen molar-refractivity contribution in [2.75, 3.05) is 41.0 Å². The SMILES string of the molecule is COCCNC(=O)c1cn(C[C@@H]2CCCN2C(=O)c2cc(OC)cc(OC)c2)nn1. The number of amides is 2. The number of methoxy groups -OCH3 is 3. The van der Waals surface area contributed by atoms with Gasteiger partial charge in [0.25, 0.3) is 11.8 Å². The summed E-state index contributed by atoms with van der Waals surface area (Å²) in [7, 11) is 4.67. The van der Waals surface area contributed by atoms with Crippen LogP contribution in [0.1, 0.15) is 33.7 Å². The number of rotatable bonds is 9.